The highest BCUT2D eigenvalue weighted by Gasteiger charge is 2.25. The van der Waals surface area contributed by atoms with Gasteiger partial charge in [-0.25, -0.2) is 4.79 Å². The summed E-state index contributed by atoms with van der Waals surface area (Å²) in [6, 6.07) is 11.8. The molecule has 0 radical (unpaired) electrons. The van der Waals surface area contributed by atoms with Crippen molar-refractivity contribution in [3.05, 3.63) is 45.3 Å². The zero-order valence-corrected chi connectivity index (χ0v) is 18.0. The maximum absolute atomic E-state index is 11.9. The van der Waals surface area contributed by atoms with E-state index >= 15 is 0 Å². The number of ether oxygens (including phenoxy) is 2. The molecule has 138 valence electrons. The number of anilines is 2. The first kappa shape index (κ1) is 19.0. The number of carbonyl (C=O) groups excluding carboxylic acids is 1. The molecule has 0 saturated heterocycles. The SMILES string of the molecule is CC(C)(C)OC(=O)NCCN1c2ccc(Br)cc2Oc2cc(Br)ccc21. The molecule has 0 spiro atoms. The predicted octanol–water partition coefficient (Wildman–Crippen LogP) is 5.98. The van der Waals surface area contributed by atoms with Crippen LogP contribution in [0.2, 0.25) is 0 Å². The summed E-state index contributed by atoms with van der Waals surface area (Å²) in [5.74, 6) is 1.53. The van der Waals surface area contributed by atoms with Crippen molar-refractivity contribution < 1.29 is 14.3 Å². The lowest BCUT2D eigenvalue weighted by molar-refractivity contribution is 0.0529. The largest absolute Gasteiger partial charge is 0.453 e. The quantitative estimate of drug-likeness (QED) is 0.583. The average Bonchev–Trinajstić information content (AvgIpc) is 2.51. The Morgan fingerprint density at radius 3 is 2.12 bits per heavy atom. The Kier molecular flexibility index (Phi) is 5.48. The second-order valence-electron chi connectivity index (χ2n) is 6.91. The number of benzene rings is 2. The molecule has 0 atom stereocenters. The number of hydrogen-bond acceptors (Lipinski definition) is 4. The zero-order chi connectivity index (χ0) is 18.9. The molecule has 1 heterocycles. The molecule has 0 bridgehead atoms. The highest BCUT2D eigenvalue weighted by atomic mass is 79.9. The number of fused-ring (bicyclic) bond motifs is 2. The monoisotopic (exact) mass is 482 g/mol. The molecule has 7 heteroatoms. The van der Waals surface area contributed by atoms with Crippen molar-refractivity contribution in [2.45, 2.75) is 26.4 Å². The van der Waals surface area contributed by atoms with Crippen LogP contribution in [0.1, 0.15) is 20.8 Å². The summed E-state index contributed by atoms with van der Waals surface area (Å²) >= 11 is 6.97. The van der Waals surface area contributed by atoms with E-state index in [0.717, 1.165) is 31.8 Å². The lowest BCUT2D eigenvalue weighted by atomic mass is 10.1. The lowest BCUT2D eigenvalue weighted by Gasteiger charge is -2.33. The number of halogens is 2. The molecule has 3 rings (SSSR count). The summed E-state index contributed by atoms with van der Waals surface area (Å²) in [6.07, 6.45) is -0.419. The lowest BCUT2D eigenvalue weighted by Crippen LogP contribution is -2.37. The van der Waals surface area contributed by atoms with Crippen molar-refractivity contribution in [3.63, 3.8) is 0 Å². The van der Waals surface area contributed by atoms with E-state index in [0.29, 0.717) is 13.1 Å². The van der Waals surface area contributed by atoms with Crippen LogP contribution < -0.4 is 15.0 Å². The van der Waals surface area contributed by atoms with Crippen molar-refractivity contribution in [2.75, 3.05) is 18.0 Å². The molecule has 0 aromatic heterocycles. The molecule has 0 unspecified atom stereocenters. The van der Waals surface area contributed by atoms with E-state index in [4.69, 9.17) is 9.47 Å². The van der Waals surface area contributed by atoms with Crippen LogP contribution in [0, 0.1) is 0 Å². The number of nitrogens with one attached hydrogen (secondary N) is 1. The molecule has 1 amide bonds. The van der Waals surface area contributed by atoms with Gasteiger partial charge >= 0.3 is 6.09 Å². The Labute approximate surface area is 169 Å². The highest BCUT2D eigenvalue weighted by Crippen LogP contribution is 2.47. The summed E-state index contributed by atoms with van der Waals surface area (Å²) in [7, 11) is 0. The summed E-state index contributed by atoms with van der Waals surface area (Å²) < 4.78 is 13.2. The van der Waals surface area contributed by atoms with Crippen molar-refractivity contribution >= 4 is 49.3 Å². The second-order valence-corrected chi connectivity index (χ2v) is 8.74. The van der Waals surface area contributed by atoms with Crippen molar-refractivity contribution in [1.29, 1.82) is 0 Å². The molecule has 2 aromatic rings. The molecule has 1 aliphatic heterocycles. The number of nitrogens with zero attached hydrogens (tertiary/aromatic N) is 1. The first-order chi connectivity index (χ1) is 12.2. The van der Waals surface area contributed by atoms with Gasteiger partial charge in [-0.15, -0.1) is 0 Å². The smallest absolute Gasteiger partial charge is 0.407 e. The summed E-state index contributed by atoms with van der Waals surface area (Å²) in [6.45, 7) is 6.57. The van der Waals surface area contributed by atoms with Gasteiger partial charge in [-0.3, -0.25) is 0 Å². The topological polar surface area (TPSA) is 50.8 Å². The van der Waals surface area contributed by atoms with Gasteiger partial charge in [0.15, 0.2) is 11.5 Å². The van der Waals surface area contributed by atoms with Crippen molar-refractivity contribution in [1.82, 2.24) is 5.32 Å². The number of alkyl carbamates (subject to hydrolysis) is 1. The van der Waals surface area contributed by atoms with Gasteiger partial charge in [-0.2, -0.15) is 0 Å². The fourth-order valence-corrected chi connectivity index (χ4v) is 3.34. The third kappa shape index (κ3) is 4.51. The van der Waals surface area contributed by atoms with Crippen molar-refractivity contribution in [2.24, 2.45) is 0 Å². The van der Waals surface area contributed by atoms with Crippen LogP contribution in [0.4, 0.5) is 16.2 Å². The normalized spacial score (nSPS) is 12.7. The van der Waals surface area contributed by atoms with Crippen molar-refractivity contribution in [3.8, 4) is 11.5 Å². The molecule has 0 saturated carbocycles. The third-order valence-electron chi connectivity index (χ3n) is 3.65. The van der Waals surface area contributed by atoms with Gasteiger partial charge in [-0.1, -0.05) is 31.9 Å². The third-order valence-corrected chi connectivity index (χ3v) is 4.64. The van der Waals surface area contributed by atoms with Crippen LogP contribution in [0.15, 0.2) is 45.3 Å². The Morgan fingerprint density at radius 1 is 1.08 bits per heavy atom. The van der Waals surface area contributed by atoms with Gasteiger partial charge in [0.05, 0.1) is 11.4 Å². The van der Waals surface area contributed by atoms with Crippen LogP contribution >= 0.6 is 31.9 Å². The van der Waals surface area contributed by atoms with E-state index in [1.165, 1.54) is 0 Å². The van der Waals surface area contributed by atoms with Gasteiger partial charge in [-0.05, 0) is 57.2 Å². The Morgan fingerprint density at radius 2 is 1.62 bits per heavy atom. The molecule has 1 aliphatic rings. The number of rotatable bonds is 3. The summed E-state index contributed by atoms with van der Waals surface area (Å²) in [5.41, 5.74) is 1.39. The Hall–Kier alpha value is -1.73. The fourth-order valence-electron chi connectivity index (χ4n) is 2.66. The first-order valence-corrected chi connectivity index (χ1v) is 9.83. The van der Waals surface area contributed by atoms with Gasteiger partial charge in [0.25, 0.3) is 0 Å². The van der Waals surface area contributed by atoms with E-state index in [-0.39, 0.29) is 0 Å². The molecule has 1 N–H and O–H groups in total. The second kappa shape index (κ2) is 7.48. The molecule has 0 fully saturated rings. The Bertz CT molecular complexity index is 783. The van der Waals surface area contributed by atoms with Crippen LogP contribution in [-0.4, -0.2) is 24.8 Å². The molecule has 2 aromatic carbocycles. The van der Waals surface area contributed by atoms with Crippen LogP contribution in [0.5, 0.6) is 11.5 Å². The minimum atomic E-state index is -0.513. The van der Waals surface area contributed by atoms with E-state index in [2.05, 4.69) is 42.1 Å². The Balaban J connectivity index is 1.79. The minimum Gasteiger partial charge on any atom is -0.453 e. The molecular formula is C19H20Br2N2O3. The van der Waals surface area contributed by atoms with Crippen LogP contribution in [-0.2, 0) is 4.74 Å². The standard InChI is InChI=1S/C19H20Br2N2O3/c1-19(2,3)26-18(24)22-8-9-23-14-6-4-12(20)10-16(14)25-17-11-13(21)5-7-15(17)23/h4-7,10-11H,8-9H2,1-3H3,(H,22,24). The minimum absolute atomic E-state index is 0.419. The molecule has 5 nitrogen and oxygen atoms in total. The van der Waals surface area contributed by atoms with Crippen LogP contribution in [0.3, 0.4) is 0 Å². The number of amides is 1. The van der Waals surface area contributed by atoms with E-state index < -0.39 is 11.7 Å². The number of carbonyl (C=O) groups is 1. The van der Waals surface area contributed by atoms with E-state index in [1.807, 2.05) is 57.2 Å². The number of hydrogen-bond donors (Lipinski definition) is 1. The molecule has 26 heavy (non-hydrogen) atoms. The highest BCUT2D eigenvalue weighted by molar-refractivity contribution is 9.10. The predicted molar refractivity (Wildman–Crippen MR) is 110 cm³/mol. The summed E-state index contributed by atoms with van der Waals surface area (Å²) in [5, 5.41) is 2.81. The van der Waals surface area contributed by atoms with Gasteiger partial charge in [0.1, 0.15) is 5.60 Å². The van der Waals surface area contributed by atoms with E-state index in [9.17, 15) is 4.79 Å². The van der Waals surface area contributed by atoms with E-state index in [1.54, 1.807) is 0 Å². The molecule has 0 aliphatic carbocycles. The first-order valence-electron chi connectivity index (χ1n) is 8.24. The molecular weight excluding hydrogens is 464 g/mol. The maximum atomic E-state index is 11.9. The summed E-state index contributed by atoms with van der Waals surface area (Å²) in [4.78, 5) is 14.0. The maximum Gasteiger partial charge on any atom is 0.407 e. The van der Waals surface area contributed by atoms with Crippen LogP contribution in [0.25, 0.3) is 0 Å². The fraction of sp³-hybridized carbons (Fsp3) is 0.316. The average molecular weight is 484 g/mol. The zero-order valence-electron chi connectivity index (χ0n) is 14.8. The van der Waals surface area contributed by atoms with Gasteiger partial charge in [0, 0.05) is 22.0 Å². The van der Waals surface area contributed by atoms with Gasteiger partial charge < -0.3 is 19.7 Å². The van der Waals surface area contributed by atoms with Gasteiger partial charge in [0.2, 0.25) is 0 Å².